The Balaban J connectivity index is 1.75. The summed E-state index contributed by atoms with van der Waals surface area (Å²) in [5.41, 5.74) is 0.698. The van der Waals surface area contributed by atoms with E-state index in [1.807, 2.05) is 0 Å². The van der Waals surface area contributed by atoms with Gasteiger partial charge in [-0.1, -0.05) is 11.6 Å². The summed E-state index contributed by atoms with van der Waals surface area (Å²) in [6, 6.07) is 1.74. The van der Waals surface area contributed by atoms with Gasteiger partial charge in [0.05, 0.1) is 11.6 Å². The zero-order valence-corrected chi connectivity index (χ0v) is 12.4. The molecular weight excluding hydrogens is 306 g/mol. The highest BCUT2D eigenvalue weighted by atomic mass is 35.5. The highest BCUT2D eigenvalue weighted by molar-refractivity contribution is 7.93. The van der Waals surface area contributed by atoms with Crippen LogP contribution in [0.1, 0.15) is 0 Å². The number of fused-ring (bicyclic) bond motifs is 1. The molecule has 3 heterocycles. The Morgan fingerprint density at radius 1 is 1.63 bits per heavy atom. The molecule has 0 aliphatic carbocycles. The van der Waals surface area contributed by atoms with Crippen molar-refractivity contribution in [2.24, 2.45) is 0 Å². The first-order chi connectivity index (χ1) is 9.22. The van der Waals surface area contributed by atoms with Crippen molar-refractivity contribution in [1.29, 1.82) is 0 Å². The SMILES string of the molecule is [O-][S+](CC1CNCCO1)c1nc2cc(Cl)cnc2s1. The van der Waals surface area contributed by atoms with Crippen molar-refractivity contribution in [3.05, 3.63) is 17.3 Å². The van der Waals surface area contributed by atoms with Gasteiger partial charge in [-0.15, -0.1) is 0 Å². The molecule has 19 heavy (non-hydrogen) atoms. The van der Waals surface area contributed by atoms with E-state index >= 15 is 0 Å². The highest BCUT2D eigenvalue weighted by Gasteiger charge is 2.25. The van der Waals surface area contributed by atoms with Gasteiger partial charge in [-0.3, -0.25) is 0 Å². The molecule has 1 saturated heterocycles. The second kappa shape index (κ2) is 5.90. The maximum Gasteiger partial charge on any atom is 0.304 e. The van der Waals surface area contributed by atoms with E-state index in [0.717, 1.165) is 17.9 Å². The first-order valence-corrected chi connectivity index (χ1v) is 8.36. The number of hydrogen-bond donors (Lipinski definition) is 1. The zero-order chi connectivity index (χ0) is 13.2. The quantitative estimate of drug-likeness (QED) is 0.867. The molecule has 0 aromatic carbocycles. The average Bonchev–Trinajstić information content (AvgIpc) is 2.83. The van der Waals surface area contributed by atoms with Gasteiger partial charge < -0.3 is 14.6 Å². The number of ether oxygens (including phenoxy) is 1. The smallest absolute Gasteiger partial charge is 0.304 e. The average molecular weight is 318 g/mol. The fraction of sp³-hybridized carbons (Fsp3) is 0.455. The number of morpholine rings is 1. The lowest BCUT2D eigenvalue weighted by molar-refractivity contribution is 0.0430. The van der Waals surface area contributed by atoms with Crippen LogP contribution >= 0.6 is 22.9 Å². The van der Waals surface area contributed by atoms with Crippen LogP contribution in [0.3, 0.4) is 0 Å². The van der Waals surface area contributed by atoms with Gasteiger partial charge in [0, 0.05) is 30.5 Å². The van der Waals surface area contributed by atoms with Gasteiger partial charge in [0.2, 0.25) is 0 Å². The normalized spacial score (nSPS) is 21.7. The summed E-state index contributed by atoms with van der Waals surface area (Å²) >= 11 is 6.05. The standard InChI is InChI=1S/C11H12ClN3O2S2/c12-7-3-9-10(14-4-7)18-11(15-9)19(16)6-8-5-13-1-2-17-8/h3-4,8,13H,1-2,5-6H2. The van der Waals surface area contributed by atoms with Crippen LogP contribution in [-0.2, 0) is 15.9 Å². The Hall–Kier alpha value is -0.440. The summed E-state index contributed by atoms with van der Waals surface area (Å²) in [4.78, 5) is 9.27. The molecular formula is C11H12ClN3O2S2. The molecule has 1 aliphatic heterocycles. The van der Waals surface area contributed by atoms with Crippen molar-refractivity contribution >= 4 is 44.5 Å². The molecule has 1 fully saturated rings. The summed E-state index contributed by atoms with van der Waals surface area (Å²) in [5, 5.41) is 3.76. The molecule has 5 nitrogen and oxygen atoms in total. The minimum Gasteiger partial charge on any atom is -0.609 e. The van der Waals surface area contributed by atoms with Gasteiger partial charge in [0.25, 0.3) is 0 Å². The van der Waals surface area contributed by atoms with Crippen molar-refractivity contribution in [1.82, 2.24) is 15.3 Å². The summed E-state index contributed by atoms with van der Waals surface area (Å²) in [5.74, 6) is 0.459. The van der Waals surface area contributed by atoms with Crippen LogP contribution in [0.15, 0.2) is 16.6 Å². The Labute approximate surface area is 122 Å². The van der Waals surface area contributed by atoms with E-state index in [1.165, 1.54) is 11.3 Å². The van der Waals surface area contributed by atoms with Gasteiger partial charge in [0.1, 0.15) is 22.2 Å². The van der Waals surface area contributed by atoms with Crippen molar-refractivity contribution < 1.29 is 9.29 Å². The van der Waals surface area contributed by atoms with Crippen LogP contribution in [0, 0.1) is 0 Å². The van der Waals surface area contributed by atoms with E-state index in [9.17, 15) is 4.55 Å². The van der Waals surface area contributed by atoms with Crippen molar-refractivity contribution in [3.63, 3.8) is 0 Å². The molecule has 0 amide bonds. The molecule has 3 rings (SSSR count). The number of rotatable bonds is 3. The van der Waals surface area contributed by atoms with Gasteiger partial charge in [-0.2, -0.15) is 4.98 Å². The number of nitrogens with one attached hydrogen (secondary N) is 1. The van der Waals surface area contributed by atoms with E-state index in [-0.39, 0.29) is 6.10 Å². The molecule has 0 spiro atoms. The maximum absolute atomic E-state index is 12.3. The zero-order valence-electron chi connectivity index (χ0n) is 9.97. The minimum atomic E-state index is -1.16. The monoisotopic (exact) mass is 317 g/mol. The molecule has 8 heteroatoms. The van der Waals surface area contributed by atoms with Gasteiger partial charge >= 0.3 is 4.34 Å². The van der Waals surface area contributed by atoms with Crippen molar-refractivity contribution in [3.8, 4) is 0 Å². The van der Waals surface area contributed by atoms with Crippen LogP contribution in [-0.4, -0.2) is 46.1 Å². The van der Waals surface area contributed by atoms with Crippen LogP contribution in [0.25, 0.3) is 10.3 Å². The van der Waals surface area contributed by atoms with Crippen LogP contribution in [0.2, 0.25) is 5.02 Å². The number of hydrogen-bond acceptors (Lipinski definition) is 6. The summed E-state index contributed by atoms with van der Waals surface area (Å²) < 4.78 is 18.4. The molecule has 1 aliphatic rings. The Bertz CT molecular complexity index is 574. The third-order valence-electron chi connectivity index (χ3n) is 2.73. The van der Waals surface area contributed by atoms with Crippen LogP contribution < -0.4 is 5.32 Å². The topological polar surface area (TPSA) is 70.1 Å². The molecule has 2 unspecified atom stereocenters. The fourth-order valence-corrected chi connectivity index (χ4v) is 4.33. The highest BCUT2D eigenvalue weighted by Crippen LogP contribution is 2.26. The third-order valence-corrected chi connectivity index (χ3v) is 5.67. The van der Waals surface area contributed by atoms with Gasteiger partial charge in [-0.05, 0) is 17.4 Å². The molecule has 102 valence electrons. The number of pyridine rings is 1. The number of nitrogens with zero attached hydrogens (tertiary/aromatic N) is 2. The summed E-state index contributed by atoms with van der Waals surface area (Å²) in [7, 11) is 0. The molecule has 1 N–H and O–H groups in total. The van der Waals surface area contributed by atoms with Crippen LogP contribution in [0.5, 0.6) is 0 Å². The molecule has 0 saturated carbocycles. The third kappa shape index (κ3) is 3.18. The lowest BCUT2D eigenvalue weighted by Gasteiger charge is -2.23. The van der Waals surface area contributed by atoms with Crippen molar-refractivity contribution in [2.45, 2.75) is 10.4 Å². The molecule has 0 radical (unpaired) electrons. The maximum atomic E-state index is 12.3. The minimum absolute atomic E-state index is 0.0156. The van der Waals surface area contributed by atoms with E-state index in [2.05, 4.69) is 15.3 Å². The predicted molar refractivity (Wildman–Crippen MR) is 76.3 cm³/mol. The lowest BCUT2D eigenvalue weighted by Crippen LogP contribution is -2.42. The largest absolute Gasteiger partial charge is 0.609 e. The molecule has 2 aromatic heterocycles. The first kappa shape index (κ1) is 13.5. The molecule has 2 aromatic rings. The Morgan fingerprint density at radius 3 is 3.32 bits per heavy atom. The van der Waals surface area contributed by atoms with Gasteiger partial charge in [-0.25, -0.2) is 4.98 Å². The Kier molecular flexibility index (Phi) is 4.21. The number of halogens is 1. The van der Waals surface area contributed by atoms with Crippen LogP contribution in [0.4, 0.5) is 0 Å². The summed E-state index contributed by atoms with van der Waals surface area (Å²) in [6.45, 7) is 2.26. The van der Waals surface area contributed by atoms with Gasteiger partial charge in [0.15, 0.2) is 0 Å². The number of thiazole rings is 1. The predicted octanol–water partition coefficient (Wildman–Crippen LogP) is 1.44. The Morgan fingerprint density at radius 2 is 2.53 bits per heavy atom. The van der Waals surface area contributed by atoms with E-state index < -0.39 is 11.2 Å². The first-order valence-electron chi connectivity index (χ1n) is 5.85. The molecule has 0 bridgehead atoms. The summed E-state index contributed by atoms with van der Waals surface area (Å²) in [6.07, 6.45) is 1.56. The van der Waals surface area contributed by atoms with E-state index in [4.69, 9.17) is 16.3 Å². The van der Waals surface area contributed by atoms with E-state index in [1.54, 1.807) is 12.3 Å². The second-order valence-corrected chi connectivity index (χ2v) is 7.25. The van der Waals surface area contributed by atoms with Crippen molar-refractivity contribution in [2.75, 3.05) is 25.4 Å². The lowest BCUT2D eigenvalue weighted by atomic mass is 10.3. The second-order valence-electron chi connectivity index (χ2n) is 4.17. The number of aromatic nitrogens is 2. The fourth-order valence-electron chi connectivity index (χ4n) is 1.84. The van der Waals surface area contributed by atoms with E-state index in [0.29, 0.717) is 27.2 Å². The molecule has 2 atom stereocenters.